The van der Waals surface area contributed by atoms with E-state index in [9.17, 15) is 13.2 Å². The molecule has 1 atom stereocenters. The van der Waals surface area contributed by atoms with Gasteiger partial charge in [-0.25, -0.2) is 8.42 Å². The lowest BCUT2D eigenvalue weighted by atomic mass is 10.1. The first-order chi connectivity index (χ1) is 7.91. The number of carboxylic acid groups (broad SMARTS) is 1. The van der Waals surface area contributed by atoms with Crippen molar-refractivity contribution in [2.75, 3.05) is 13.1 Å². The van der Waals surface area contributed by atoms with Gasteiger partial charge in [0.15, 0.2) is 0 Å². The van der Waals surface area contributed by atoms with E-state index in [1.807, 2.05) is 0 Å². The Morgan fingerprint density at radius 1 is 1.53 bits per heavy atom. The monoisotopic (exact) mass is 295 g/mol. The molecule has 94 valence electrons. The van der Waals surface area contributed by atoms with Gasteiger partial charge in [-0.05, 0) is 18.6 Å². The summed E-state index contributed by atoms with van der Waals surface area (Å²) in [5.41, 5.74) is 0. The van der Waals surface area contributed by atoms with Crippen LogP contribution in [0.3, 0.4) is 0 Å². The van der Waals surface area contributed by atoms with Gasteiger partial charge in [-0.1, -0.05) is 11.6 Å². The second-order valence-electron chi connectivity index (χ2n) is 3.75. The second kappa shape index (κ2) is 4.56. The minimum Gasteiger partial charge on any atom is -0.481 e. The molecule has 1 aromatic heterocycles. The maximum Gasteiger partial charge on any atom is 0.307 e. The molecule has 1 aliphatic rings. The van der Waals surface area contributed by atoms with Crippen LogP contribution in [0.5, 0.6) is 0 Å². The van der Waals surface area contributed by atoms with E-state index in [1.54, 1.807) is 0 Å². The van der Waals surface area contributed by atoms with Crippen molar-refractivity contribution in [2.45, 2.75) is 10.6 Å². The number of hydrogen-bond acceptors (Lipinski definition) is 4. The van der Waals surface area contributed by atoms with Crippen molar-refractivity contribution in [3.63, 3.8) is 0 Å². The zero-order valence-corrected chi connectivity index (χ0v) is 11.1. The lowest BCUT2D eigenvalue weighted by molar-refractivity contribution is -0.141. The van der Waals surface area contributed by atoms with Gasteiger partial charge in [-0.2, -0.15) is 4.31 Å². The lowest BCUT2D eigenvalue weighted by Gasteiger charge is -2.14. The number of halogens is 1. The summed E-state index contributed by atoms with van der Waals surface area (Å²) in [5, 5.41) is 8.83. The smallest absolute Gasteiger partial charge is 0.307 e. The lowest BCUT2D eigenvalue weighted by Crippen LogP contribution is -2.29. The molecular weight excluding hydrogens is 286 g/mol. The molecule has 1 N–H and O–H groups in total. The van der Waals surface area contributed by atoms with E-state index >= 15 is 0 Å². The Balaban J connectivity index is 2.21. The van der Waals surface area contributed by atoms with Crippen molar-refractivity contribution >= 4 is 38.9 Å². The van der Waals surface area contributed by atoms with Crippen LogP contribution in [0.15, 0.2) is 16.3 Å². The van der Waals surface area contributed by atoms with Crippen LogP contribution < -0.4 is 0 Å². The number of hydrogen-bond donors (Lipinski definition) is 1. The molecular formula is C9H10ClNO4S2. The van der Waals surface area contributed by atoms with Crippen molar-refractivity contribution in [1.29, 1.82) is 0 Å². The Morgan fingerprint density at radius 2 is 2.24 bits per heavy atom. The predicted molar refractivity (Wildman–Crippen MR) is 63.8 cm³/mol. The molecule has 1 saturated heterocycles. The van der Waals surface area contributed by atoms with Gasteiger partial charge in [0.1, 0.15) is 4.21 Å². The van der Waals surface area contributed by atoms with Crippen molar-refractivity contribution < 1.29 is 18.3 Å². The van der Waals surface area contributed by atoms with Crippen molar-refractivity contribution in [1.82, 2.24) is 4.31 Å². The van der Waals surface area contributed by atoms with Crippen LogP contribution in [0.25, 0.3) is 0 Å². The molecule has 5 nitrogen and oxygen atoms in total. The summed E-state index contributed by atoms with van der Waals surface area (Å²) >= 11 is 6.67. The normalized spacial score (nSPS) is 21.8. The molecule has 0 radical (unpaired) electrons. The number of carboxylic acids is 1. The molecule has 1 aliphatic heterocycles. The van der Waals surface area contributed by atoms with Crippen LogP contribution >= 0.6 is 22.9 Å². The molecule has 8 heteroatoms. The molecule has 0 amide bonds. The quantitative estimate of drug-likeness (QED) is 0.917. The Kier molecular flexibility index (Phi) is 3.44. The highest BCUT2D eigenvalue weighted by atomic mass is 35.5. The van der Waals surface area contributed by atoms with Crippen molar-refractivity contribution in [3.8, 4) is 0 Å². The summed E-state index contributed by atoms with van der Waals surface area (Å²) in [4.78, 5) is 10.8. The van der Waals surface area contributed by atoms with Gasteiger partial charge in [0.2, 0.25) is 0 Å². The molecule has 0 unspecified atom stereocenters. The first kappa shape index (κ1) is 12.8. The van der Waals surface area contributed by atoms with Gasteiger partial charge in [0.05, 0.1) is 10.3 Å². The van der Waals surface area contributed by atoms with E-state index in [1.165, 1.54) is 16.4 Å². The Bertz CT molecular complexity index is 539. The SMILES string of the molecule is O=C(O)[C@H]1CCN(S(=O)(=O)c2ccc(Cl)s2)C1. The molecule has 2 rings (SSSR count). The Hall–Kier alpha value is -0.630. The standard InChI is InChI=1S/C9H10ClNO4S2/c10-7-1-2-8(16-7)17(14,15)11-4-3-6(5-11)9(12)13/h1-2,6H,3-5H2,(H,12,13)/t6-/m0/s1. The van der Waals surface area contributed by atoms with Crippen LogP contribution in [0.1, 0.15) is 6.42 Å². The van der Waals surface area contributed by atoms with E-state index in [2.05, 4.69) is 0 Å². The average molecular weight is 296 g/mol. The third-order valence-corrected chi connectivity index (χ3v) is 6.21. The van der Waals surface area contributed by atoms with E-state index in [0.717, 1.165) is 11.3 Å². The fourth-order valence-corrected chi connectivity index (χ4v) is 4.85. The molecule has 17 heavy (non-hydrogen) atoms. The fraction of sp³-hybridized carbons (Fsp3) is 0.444. The van der Waals surface area contributed by atoms with Crippen molar-refractivity contribution in [2.24, 2.45) is 5.92 Å². The molecule has 0 bridgehead atoms. The van der Waals surface area contributed by atoms with Crippen LogP contribution in [-0.2, 0) is 14.8 Å². The summed E-state index contributed by atoms with van der Waals surface area (Å²) in [7, 11) is -3.58. The van der Waals surface area contributed by atoms with Crippen LogP contribution in [0.4, 0.5) is 0 Å². The Morgan fingerprint density at radius 3 is 2.71 bits per heavy atom. The third-order valence-electron chi connectivity index (χ3n) is 2.64. The minimum absolute atomic E-state index is 0.0349. The zero-order valence-electron chi connectivity index (χ0n) is 8.67. The van der Waals surface area contributed by atoms with Gasteiger partial charge in [0, 0.05) is 13.1 Å². The summed E-state index contributed by atoms with van der Waals surface area (Å²) in [6.07, 6.45) is 0.355. The summed E-state index contributed by atoms with van der Waals surface area (Å²) in [5.74, 6) is -1.56. The zero-order chi connectivity index (χ0) is 12.6. The maximum atomic E-state index is 12.1. The van der Waals surface area contributed by atoms with Crippen LogP contribution in [0, 0.1) is 5.92 Å². The largest absolute Gasteiger partial charge is 0.481 e. The molecule has 0 saturated carbocycles. The fourth-order valence-electron chi connectivity index (χ4n) is 1.71. The topological polar surface area (TPSA) is 74.7 Å². The molecule has 1 fully saturated rings. The van der Waals surface area contributed by atoms with Crippen molar-refractivity contribution in [3.05, 3.63) is 16.5 Å². The Labute approximate surface area is 108 Å². The first-order valence-electron chi connectivity index (χ1n) is 4.89. The second-order valence-corrected chi connectivity index (χ2v) is 7.63. The summed E-state index contributed by atoms with van der Waals surface area (Å²) in [6.45, 7) is 0.280. The highest BCUT2D eigenvalue weighted by Crippen LogP contribution is 2.30. The number of nitrogens with zero attached hydrogens (tertiary/aromatic N) is 1. The molecule has 0 spiro atoms. The molecule has 2 heterocycles. The van der Waals surface area contributed by atoms with Gasteiger partial charge >= 0.3 is 5.97 Å². The van der Waals surface area contributed by atoms with Crippen LogP contribution in [0.2, 0.25) is 4.34 Å². The third kappa shape index (κ3) is 2.47. The van der Waals surface area contributed by atoms with E-state index < -0.39 is 21.9 Å². The number of rotatable bonds is 3. The maximum absolute atomic E-state index is 12.1. The van der Waals surface area contributed by atoms with Gasteiger partial charge in [0.25, 0.3) is 10.0 Å². The van der Waals surface area contributed by atoms with Gasteiger partial charge < -0.3 is 5.11 Å². The van der Waals surface area contributed by atoms with E-state index in [4.69, 9.17) is 16.7 Å². The highest BCUT2D eigenvalue weighted by molar-refractivity contribution is 7.91. The number of aliphatic carboxylic acids is 1. The van der Waals surface area contributed by atoms with E-state index in [0.29, 0.717) is 10.8 Å². The average Bonchev–Trinajstić information content (AvgIpc) is 2.85. The number of carbonyl (C=O) groups is 1. The first-order valence-corrected chi connectivity index (χ1v) is 7.53. The minimum atomic E-state index is -3.58. The summed E-state index contributed by atoms with van der Waals surface area (Å²) in [6, 6.07) is 2.96. The predicted octanol–water partition coefficient (Wildman–Crippen LogP) is 1.50. The van der Waals surface area contributed by atoms with Crippen LogP contribution in [-0.4, -0.2) is 36.9 Å². The van der Waals surface area contributed by atoms with E-state index in [-0.39, 0.29) is 17.3 Å². The number of sulfonamides is 1. The molecule has 0 aromatic carbocycles. The van der Waals surface area contributed by atoms with Gasteiger partial charge in [-0.3, -0.25) is 4.79 Å². The van der Waals surface area contributed by atoms with Gasteiger partial charge in [-0.15, -0.1) is 11.3 Å². The molecule has 0 aliphatic carbocycles. The summed E-state index contributed by atoms with van der Waals surface area (Å²) < 4.78 is 26.0. The molecule has 1 aromatic rings. The highest BCUT2D eigenvalue weighted by Gasteiger charge is 2.36. The number of thiophene rings is 1.